The van der Waals surface area contributed by atoms with Crippen LogP contribution in [0.4, 0.5) is 4.39 Å². The quantitative estimate of drug-likeness (QED) is 0.725. The van der Waals surface area contributed by atoms with Crippen molar-refractivity contribution in [2.45, 2.75) is 30.4 Å². The summed E-state index contributed by atoms with van der Waals surface area (Å²) in [7, 11) is -3.89. The molecule has 138 valence electrons. The van der Waals surface area contributed by atoms with E-state index < -0.39 is 27.9 Å². The van der Waals surface area contributed by atoms with Gasteiger partial charge in [0.1, 0.15) is 18.5 Å². The normalized spacial score (nSPS) is 18.0. The molecule has 0 aliphatic carbocycles. The van der Waals surface area contributed by atoms with Crippen molar-refractivity contribution < 1.29 is 22.3 Å². The van der Waals surface area contributed by atoms with Gasteiger partial charge in [-0.25, -0.2) is 12.8 Å². The Morgan fingerprint density at radius 1 is 1.15 bits per heavy atom. The van der Waals surface area contributed by atoms with Gasteiger partial charge in [-0.05, 0) is 54.8 Å². The van der Waals surface area contributed by atoms with E-state index in [4.69, 9.17) is 16.3 Å². The maximum absolute atomic E-state index is 13.1. The summed E-state index contributed by atoms with van der Waals surface area (Å²) in [6.07, 6.45) is 0.945. The highest BCUT2D eigenvalue weighted by Crippen LogP contribution is 2.27. The molecule has 2 aromatic rings. The lowest BCUT2D eigenvalue weighted by atomic mass is 10.2. The SMILES string of the molecule is O=C(OCc1ccc(Cl)cc1)[C@@H]1CCCN1S(=O)(=O)c1ccc(F)cc1. The minimum atomic E-state index is -3.89. The first-order valence-electron chi connectivity index (χ1n) is 8.06. The Labute approximate surface area is 156 Å². The van der Waals surface area contributed by atoms with Crippen LogP contribution in [0.15, 0.2) is 53.4 Å². The van der Waals surface area contributed by atoms with Gasteiger partial charge in [-0.2, -0.15) is 4.31 Å². The van der Waals surface area contributed by atoms with E-state index in [1.54, 1.807) is 24.3 Å². The van der Waals surface area contributed by atoms with Crippen LogP contribution >= 0.6 is 11.6 Å². The Morgan fingerprint density at radius 2 is 1.81 bits per heavy atom. The number of halogens is 2. The molecule has 0 unspecified atom stereocenters. The van der Waals surface area contributed by atoms with Gasteiger partial charge in [0.15, 0.2) is 0 Å². The fourth-order valence-corrected chi connectivity index (χ4v) is 4.61. The molecule has 1 aliphatic heterocycles. The molecule has 3 rings (SSSR count). The average molecular weight is 398 g/mol. The number of benzene rings is 2. The van der Waals surface area contributed by atoms with Gasteiger partial charge in [0.05, 0.1) is 4.90 Å². The summed E-state index contributed by atoms with van der Waals surface area (Å²) < 4.78 is 45.0. The second-order valence-electron chi connectivity index (χ2n) is 5.96. The average Bonchev–Trinajstić information content (AvgIpc) is 3.12. The number of hydrogen-bond acceptors (Lipinski definition) is 4. The number of nitrogens with zero attached hydrogens (tertiary/aromatic N) is 1. The van der Waals surface area contributed by atoms with Crippen LogP contribution in [0.25, 0.3) is 0 Å². The number of ether oxygens (including phenoxy) is 1. The fraction of sp³-hybridized carbons (Fsp3) is 0.278. The molecule has 1 heterocycles. The third-order valence-electron chi connectivity index (χ3n) is 4.19. The zero-order chi connectivity index (χ0) is 18.7. The van der Waals surface area contributed by atoms with Crippen molar-refractivity contribution in [2.75, 3.05) is 6.54 Å². The van der Waals surface area contributed by atoms with Crippen molar-refractivity contribution in [3.63, 3.8) is 0 Å². The second kappa shape index (κ2) is 7.73. The summed E-state index contributed by atoms with van der Waals surface area (Å²) >= 11 is 5.81. The Hall–Kier alpha value is -1.96. The van der Waals surface area contributed by atoms with Gasteiger partial charge in [0.2, 0.25) is 10.0 Å². The van der Waals surface area contributed by atoms with Crippen LogP contribution in [0, 0.1) is 5.82 Å². The molecule has 1 aliphatic rings. The van der Waals surface area contributed by atoms with E-state index in [1.807, 2.05) is 0 Å². The van der Waals surface area contributed by atoms with Gasteiger partial charge in [0.25, 0.3) is 0 Å². The zero-order valence-electron chi connectivity index (χ0n) is 13.8. The third-order valence-corrected chi connectivity index (χ3v) is 6.36. The molecule has 0 aromatic heterocycles. The number of esters is 1. The Balaban J connectivity index is 1.71. The molecule has 0 bridgehead atoms. The molecule has 0 saturated carbocycles. The van der Waals surface area contributed by atoms with E-state index >= 15 is 0 Å². The number of hydrogen-bond donors (Lipinski definition) is 0. The Bertz CT molecular complexity index is 884. The molecular weight excluding hydrogens is 381 g/mol. The van der Waals surface area contributed by atoms with Gasteiger partial charge in [-0.3, -0.25) is 4.79 Å². The number of rotatable bonds is 5. The van der Waals surface area contributed by atoms with Crippen LogP contribution in [0.3, 0.4) is 0 Å². The van der Waals surface area contributed by atoms with Gasteiger partial charge in [-0.15, -0.1) is 0 Å². The molecule has 1 fully saturated rings. The van der Waals surface area contributed by atoms with Crippen molar-refractivity contribution in [1.29, 1.82) is 0 Å². The van der Waals surface area contributed by atoms with Gasteiger partial charge in [-0.1, -0.05) is 23.7 Å². The molecule has 26 heavy (non-hydrogen) atoms. The first-order valence-corrected chi connectivity index (χ1v) is 9.88. The van der Waals surface area contributed by atoms with Crippen LogP contribution in [-0.4, -0.2) is 31.3 Å². The lowest BCUT2D eigenvalue weighted by molar-refractivity contribution is -0.148. The van der Waals surface area contributed by atoms with Gasteiger partial charge < -0.3 is 4.74 Å². The molecule has 1 saturated heterocycles. The second-order valence-corrected chi connectivity index (χ2v) is 8.29. The van der Waals surface area contributed by atoms with Crippen LogP contribution < -0.4 is 0 Å². The number of sulfonamides is 1. The third kappa shape index (κ3) is 4.06. The first kappa shape index (κ1) is 18.8. The zero-order valence-corrected chi connectivity index (χ0v) is 15.3. The molecule has 8 heteroatoms. The molecule has 5 nitrogen and oxygen atoms in total. The summed E-state index contributed by atoms with van der Waals surface area (Å²) in [6.45, 7) is 0.261. The van der Waals surface area contributed by atoms with E-state index in [2.05, 4.69) is 0 Å². The maximum Gasteiger partial charge on any atom is 0.324 e. The van der Waals surface area contributed by atoms with Crippen molar-refractivity contribution in [3.05, 3.63) is 64.9 Å². The van der Waals surface area contributed by atoms with E-state index in [-0.39, 0.29) is 18.0 Å². The summed E-state index contributed by atoms with van der Waals surface area (Å²) in [5.41, 5.74) is 0.758. The van der Waals surface area contributed by atoms with E-state index in [0.29, 0.717) is 17.9 Å². The highest BCUT2D eigenvalue weighted by molar-refractivity contribution is 7.89. The highest BCUT2D eigenvalue weighted by Gasteiger charge is 2.40. The van der Waals surface area contributed by atoms with E-state index in [9.17, 15) is 17.6 Å². The highest BCUT2D eigenvalue weighted by atomic mass is 35.5. The molecule has 1 atom stereocenters. The topological polar surface area (TPSA) is 63.7 Å². The smallest absolute Gasteiger partial charge is 0.324 e. The van der Waals surface area contributed by atoms with Crippen molar-refractivity contribution in [3.8, 4) is 0 Å². The summed E-state index contributed by atoms with van der Waals surface area (Å²) in [4.78, 5) is 12.4. The van der Waals surface area contributed by atoms with Crippen LogP contribution in [0.1, 0.15) is 18.4 Å². The number of carbonyl (C=O) groups is 1. The monoisotopic (exact) mass is 397 g/mol. The maximum atomic E-state index is 13.1. The lowest BCUT2D eigenvalue weighted by Crippen LogP contribution is -2.41. The fourth-order valence-electron chi connectivity index (χ4n) is 2.84. The van der Waals surface area contributed by atoms with Crippen molar-refractivity contribution in [2.24, 2.45) is 0 Å². The molecule has 0 N–H and O–H groups in total. The lowest BCUT2D eigenvalue weighted by Gasteiger charge is -2.22. The minimum Gasteiger partial charge on any atom is -0.460 e. The minimum absolute atomic E-state index is 0.0386. The van der Waals surface area contributed by atoms with E-state index in [0.717, 1.165) is 22.0 Å². The van der Waals surface area contributed by atoms with Crippen LogP contribution in [0.2, 0.25) is 5.02 Å². The first-order chi connectivity index (χ1) is 12.4. The molecule has 2 aromatic carbocycles. The van der Waals surface area contributed by atoms with Crippen molar-refractivity contribution >= 4 is 27.6 Å². The van der Waals surface area contributed by atoms with Gasteiger partial charge in [0, 0.05) is 11.6 Å². The molecule has 0 spiro atoms. The van der Waals surface area contributed by atoms with Gasteiger partial charge >= 0.3 is 5.97 Å². The van der Waals surface area contributed by atoms with E-state index in [1.165, 1.54) is 12.1 Å². The summed E-state index contributed by atoms with van der Waals surface area (Å²) in [5.74, 6) is -1.12. The summed E-state index contributed by atoms with van der Waals surface area (Å²) in [5, 5.41) is 0.576. The predicted molar refractivity (Wildman–Crippen MR) is 94.6 cm³/mol. The molecular formula is C18H17ClFNO4S. The summed E-state index contributed by atoms with van der Waals surface area (Å²) in [6, 6.07) is 10.5. The van der Waals surface area contributed by atoms with Crippen LogP contribution in [0.5, 0.6) is 0 Å². The largest absolute Gasteiger partial charge is 0.460 e. The number of carbonyl (C=O) groups excluding carboxylic acids is 1. The predicted octanol–water partition coefficient (Wildman–Crippen LogP) is 3.38. The molecule has 0 amide bonds. The molecule has 0 radical (unpaired) electrons. The van der Waals surface area contributed by atoms with Crippen molar-refractivity contribution in [1.82, 2.24) is 4.31 Å². The standard InChI is InChI=1S/C18H17ClFNO4S/c19-14-5-3-13(4-6-14)12-25-18(22)17-2-1-11-21(17)26(23,24)16-9-7-15(20)8-10-16/h3-10,17H,1-2,11-12H2/t17-/m0/s1. The Kier molecular flexibility index (Phi) is 5.60. The Morgan fingerprint density at radius 3 is 2.46 bits per heavy atom. The van der Waals surface area contributed by atoms with Crippen LogP contribution in [-0.2, 0) is 26.2 Å².